The third kappa shape index (κ3) is 14.8. The first-order valence-electron chi connectivity index (χ1n) is 6.26. The van der Waals surface area contributed by atoms with E-state index in [1.54, 1.807) is 0 Å². The third-order valence-electron chi connectivity index (χ3n) is 2.09. The Hall–Kier alpha value is 0. The van der Waals surface area contributed by atoms with Crippen molar-refractivity contribution in [3.63, 3.8) is 0 Å². The predicted molar refractivity (Wildman–Crippen MR) is 64.2 cm³/mol. The average Bonchev–Trinajstić information content (AvgIpc) is 2.07. The summed E-state index contributed by atoms with van der Waals surface area (Å²) >= 11 is 0. The first-order chi connectivity index (χ1) is 6.26. The van der Waals surface area contributed by atoms with Gasteiger partial charge >= 0.3 is 0 Å². The van der Waals surface area contributed by atoms with Crippen LogP contribution in [-0.2, 0) is 0 Å². The Morgan fingerprint density at radius 1 is 0.615 bits per heavy atom. The molecule has 0 fully saturated rings. The van der Waals surface area contributed by atoms with E-state index >= 15 is 0 Å². The highest BCUT2D eigenvalue weighted by Crippen LogP contribution is 2.18. The zero-order valence-electron chi connectivity index (χ0n) is 10.5. The minimum absolute atomic E-state index is 1.03. The first kappa shape index (κ1) is 15.5. The molecule has 0 aliphatic carbocycles. The van der Waals surface area contributed by atoms with Crippen molar-refractivity contribution in [2.45, 2.75) is 79.6 Å². The molecule has 0 saturated carbocycles. The van der Waals surface area contributed by atoms with Gasteiger partial charge in [0.15, 0.2) is 0 Å². The summed E-state index contributed by atoms with van der Waals surface area (Å²) in [7, 11) is 0. The molecular formula is C13H30. The van der Waals surface area contributed by atoms with Gasteiger partial charge in [0.25, 0.3) is 0 Å². The van der Waals surface area contributed by atoms with Gasteiger partial charge in [-0.25, -0.2) is 0 Å². The Morgan fingerprint density at radius 3 is 1.00 bits per heavy atom. The van der Waals surface area contributed by atoms with E-state index in [-0.39, 0.29) is 0 Å². The summed E-state index contributed by atoms with van der Waals surface area (Å²) in [5.41, 5.74) is 0. The van der Waals surface area contributed by atoms with Crippen LogP contribution in [0, 0.1) is 5.92 Å². The number of hydrogen-bond donors (Lipinski definition) is 0. The van der Waals surface area contributed by atoms with Crippen LogP contribution in [0.5, 0.6) is 0 Å². The van der Waals surface area contributed by atoms with E-state index in [1.807, 2.05) is 0 Å². The molecular weight excluding hydrogens is 156 g/mol. The average molecular weight is 186 g/mol. The highest BCUT2D eigenvalue weighted by Gasteiger charge is 2.03. The van der Waals surface area contributed by atoms with Crippen LogP contribution in [0.2, 0.25) is 0 Å². The lowest BCUT2D eigenvalue weighted by Crippen LogP contribution is -1.98. The quantitative estimate of drug-likeness (QED) is 0.519. The third-order valence-corrected chi connectivity index (χ3v) is 2.09. The SMILES string of the molecule is CCC.CCCC(CCC)CCC. The van der Waals surface area contributed by atoms with Crippen molar-refractivity contribution in [3.05, 3.63) is 0 Å². The molecule has 0 aromatic carbocycles. The number of rotatable bonds is 6. The molecule has 0 bridgehead atoms. The summed E-state index contributed by atoms with van der Waals surface area (Å²) in [6.45, 7) is 11.1. The molecule has 0 N–H and O–H groups in total. The van der Waals surface area contributed by atoms with E-state index in [4.69, 9.17) is 0 Å². The smallest absolute Gasteiger partial charge is 0.0415 e. The van der Waals surface area contributed by atoms with Gasteiger partial charge in [-0.05, 0) is 5.92 Å². The second-order valence-electron chi connectivity index (χ2n) is 3.94. The topological polar surface area (TPSA) is 0 Å². The Balaban J connectivity index is 0. The van der Waals surface area contributed by atoms with Crippen LogP contribution in [0.25, 0.3) is 0 Å². The Labute approximate surface area is 86.1 Å². The Bertz CT molecular complexity index is 52.2. The minimum Gasteiger partial charge on any atom is -0.0656 e. The first-order valence-corrected chi connectivity index (χ1v) is 6.26. The normalized spacial score (nSPS) is 9.69. The highest BCUT2D eigenvalue weighted by atomic mass is 14.1. The molecule has 0 rings (SSSR count). The van der Waals surface area contributed by atoms with Gasteiger partial charge in [0, 0.05) is 0 Å². The van der Waals surface area contributed by atoms with E-state index < -0.39 is 0 Å². The van der Waals surface area contributed by atoms with Gasteiger partial charge in [0.05, 0.1) is 0 Å². The van der Waals surface area contributed by atoms with Crippen LogP contribution in [-0.4, -0.2) is 0 Å². The van der Waals surface area contributed by atoms with Gasteiger partial charge in [-0.1, -0.05) is 79.6 Å². The van der Waals surface area contributed by atoms with Gasteiger partial charge in [-0.3, -0.25) is 0 Å². The van der Waals surface area contributed by atoms with Crippen molar-refractivity contribution in [3.8, 4) is 0 Å². The van der Waals surface area contributed by atoms with Crippen molar-refractivity contribution in [2.75, 3.05) is 0 Å². The van der Waals surface area contributed by atoms with Crippen LogP contribution < -0.4 is 0 Å². The van der Waals surface area contributed by atoms with E-state index in [0.29, 0.717) is 0 Å². The van der Waals surface area contributed by atoms with Crippen molar-refractivity contribution in [2.24, 2.45) is 5.92 Å². The van der Waals surface area contributed by atoms with Crippen molar-refractivity contribution in [1.82, 2.24) is 0 Å². The molecule has 0 unspecified atom stereocenters. The van der Waals surface area contributed by atoms with Gasteiger partial charge in [0.1, 0.15) is 0 Å². The van der Waals surface area contributed by atoms with Crippen LogP contribution in [0.1, 0.15) is 79.6 Å². The number of hydrogen-bond acceptors (Lipinski definition) is 0. The maximum Gasteiger partial charge on any atom is -0.0415 e. The second-order valence-corrected chi connectivity index (χ2v) is 3.94. The molecule has 0 aromatic rings. The highest BCUT2D eigenvalue weighted by molar-refractivity contribution is 4.56. The van der Waals surface area contributed by atoms with Gasteiger partial charge in [-0.15, -0.1) is 0 Å². The fourth-order valence-electron chi connectivity index (χ4n) is 1.66. The predicted octanol–water partition coefficient (Wildman–Crippen LogP) is 5.42. The summed E-state index contributed by atoms with van der Waals surface area (Å²) in [5.74, 6) is 1.03. The zero-order valence-corrected chi connectivity index (χ0v) is 10.5. The largest absolute Gasteiger partial charge is 0.0656 e. The van der Waals surface area contributed by atoms with E-state index in [2.05, 4.69) is 34.6 Å². The molecule has 0 radical (unpaired) electrons. The van der Waals surface area contributed by atoms with Crippen molar-refractivity contribution in [1.29, 1.82) is 0 Å². The maximum absolute atomic E-state index is 2.29. The van der Waals surface area contributed by atoms with Crippen LogP contribution in [0.15, 0.2) is 0 Å². The van der Waals surface area contributed by atoms with E-state index in [1.165, 1.54) is 44.9 Å². The summed E-state index contributed by atoms with van der Waals surface area (Å²) in [5, 5.41) is 0. The van der Waals surface area contributed by atoms with E-state index in [9.17, 15) is 0 Å². The molecule has 13 heavy (non-hydrogen) atoms. The lowest BCUT2D eigenvalue weighted by molar-refractivity contribution is 0.407. The molecule has 0 amide bonds. The molecule has 0 nitrogen and oxygen atoms in total. The van der Waals surface area contributed by atoms with Crippen LogP contribution in [0.3, 0.4) is 0 Å². The molecule has 0 heterocycles. The minimum atomic E-state index is 1.03. The molecule has 0 aliphatic heterocycles. The van der Waals surface area contributed by atoms with Crippen molar-refractivity contribution >= 4 is 0 Å². The fourth-order valence-corrected chi connectivity index (χ4v) is 1.66. The molecule has 0 spiro atoms. The Kier molecular flexibility index (Phi) is 17.3. The molecule has 0 saturated heterocycles. The standard InChI is InChI=1S/C10H22.C3H8/c1-4-7-10(8-5-2)9-6-3;1-3-2/h10H,4-9H2,1-3H3;3H2,1-2H3. The molecule has 0 atom stereocenters. The van der Waals surface area contributed by atoms with Crippen LogP contribution in [0.4, 0.5) is 0 Å². The lowest BCUT2D eigenvalue weighted by atomic mass is 9.94. The van der Waals surface area contributed by atoms with Gasteiger partial charge < -0.3 is 0 Å². The van der Waals surface area contributed by atoms with Gasteiger partial charge in [0.2, 0.25) is 0 Å². The monoisotopic (exact) mass is 186 g/mol. The molecule has 82 valence electrons. The second kappa shape index (κ2) is 14.5. The zero-order chi connectivity index (χ0) is 10.5. The molecule has 0 aliphatic rings. The Morgan fingerprint density at radius 2 is 0.846 bits per heavy atom. The van der Waals surface area contributed by atoms with Gasteiger partial charge in [-0.2, -0.15) is 0 Å². The summed E-state index contributed by atoms with van der Waals surface area (Å²) in [6.07, 6.45) is 9.69. The van der Waals surface area contributed by atoms with Crippen molar-refractivity contribution < 1.29 is 0 Å². The lowest BCUT2D eigenvalue weighted by Gasteiger charge is -2.12. The maximum atomic E-state index is 2.29. The summed E-state index contributed by atoms with van der Waals surface area (Å²) in [4.78, 5) is 0. The van der Waals surface area contributed by atoms with Crippen LogP contribution >= 0.6 is 0 Å². The molecule has 0 heteroatoms. The molecule has 0 aromatic heterocycles. The van der Waals surface area contributed by atoms with E-state index in [0.717, 1.165) is 5.92 Å². The summed E-state index contributed by atoms with van der Waals surface area (Å²) < 4.78 is 0. The fraction of sp³-hybridized carbons (Fsp3) is 1.00. The summed E-state index contributed by atoms with van der Waals surface area (Å²) in [6, 6.07) is 0.